The molecular formula is C24H33NO4S. The van der Waals surface area contributed by atoms with Gasteiger partial charge in [-0.3, -0.25) is 0 Å². The normalized spacial score (nSPS) is 21.3. The molecule has 0 aromatic heterocycles. The summed E-state index contributed by atoms with van der Waals surface area (Å²) in [5.41, 5.74) is 2.34. The topological polar surface area (TPSA) is 76.4 Å². The van der Waals surface area contributed by atoms with Gasteiger partial charge in [0.15, 0.2) is 9.84 Å². The third-order valence-electron chi connectivity index (χ3n) is 5.62. The number of benzene rings is 1. The van der Waals surface area contributed by atoms with Crippen LogP contribution in [0.2, 0.25) is 0 Å². The standard InChI is InChI=1S/C24H33NO4S/c1-4-5-7-19(2)21-8-10-23(11-9-21)29-17-22-16-28-14-12-24(22)20(3)18-30(26,27)15-6-13-25/h4-5,7-11,20,22,24H,6,12,14-18H2,1-3H3. The third-order valence-corrected chi connectivity index (χ3v) is 7.48. The van der Waals surface area contributed by atoms with Crippen LogP contribution < -0.4 is 4.74 Å². The van der Waals surface area contributed by atoms with E-state index in [-0.39, 0.29) is 35.7 Å². The summed E-state index contributed by atoms with van der Waals surface area (Å²) in [6.45, 7) is 7.78. The van der Waals surface area contributed by atoms with Gasteiger partial charge in [0.05, 0.1) is 30.8 Å². The maximum Gasteiger partial charge on any atom is 0.151 e. The number of hydrogen-bond acceptors (Lipinski definition) is 5. The van der Waals surface area contributed by atoms with Gasteiger partial charge >= 0.3 is 0 Å². The van der Waals surface area contributed by atoms with Crippen molar-refractivity contribution in [3.05, 3.63) is 48.1 Å². The average molecular weight is 432 g/mol. The van der Waals surface area contributed by atoms with E-state index >= 15 is 0 Å². The molecular weight excluding hydrogens is 398 g/mol. The molecule has 3 unspecified atom stereocenters. The molecule has 0 N–H and O–H groups in total. The molecule has 1 saturated heterocycles. The number of sulfone groups is 1. The molecule has 30 heavy (non-hydrogen) atoms. The van der Waals surface area contributed by atoms with E-state index in [1.165, 1.54) is 5.57 Å². The largest absolute Gasteiger partial charge is 0.493 e. The minimum absolute atomic E-state index is 0.00739. The summed E-state index contributed by atoms with van der Waals surface area (Å²) in [5, 5.41) is 8.66. The van der Waals surface area contributed by atoms with E-state index in [0.29, 0.717) is 19.8 Å². The quantitative estimate of drug-likeness (QED) is 0.504. The van der Waals surface area contributed by atoms with Crippen molar-refractivity contribution >= 4 is 15.4 Å². The Kier molecular flexibility index (Phi) is 9.61. The fourth-order valence-electron chi connectivity index (χ4n) is 3.90. The number of nitriles is 1. The second-order valence-electron chi connectivity index (χ2n) is 8.00. The van der Waals surface area contributed by atoms with Crippen molar-refractivity contribution in [3.8, 4) is 11.8 Å². The Morgan fingerprint density at radius 2 is 2.10 bits per heavy atom. The summed E-state index contributed by atoms with van der Waals surface area (Å²) in [5.74, 6) is 1.23. The molecule has 0 spiro atoms. The zero-order chi connectivity index (χ0) is 22.0. The highest BCUT2D eigenvalue weighted by Crippen LogP contribution is 2.31. The van der Waals surface area contributed by atoms with Gasteiger partial charge in [-0.25, -0.2) is 8.42 Å². The Morgan fingerprint density at radius 3 is 2.77 bits per heavy atom. The highest BCUT2D eigenvalue weighted by atomic mass is 32.2. The molecule has 0 saturated carbocycles. The number of hydrogen-bond donors (Lipinski definition) is 0. The summed E-state index contributed by atoms with van der Waals surface area (Å²) < 4.78 is 36.2. The minimum Gasteiger partial charge on any atom is -0.493 e. The number of allylic oxidation sites excluding steroid dienone is 4. The molecule has 0 amide bonds. The van der Waals surface area contributed by atoms with Crippen LogP contribution in [-0.4, -0.2) is 39.7 Å². The lowest BCUT2D eigenvalue weighted by Gasteiger charge is -2.35. The van der Waals surface area contributed by atoms with Crippen molar-refractivity contribution in [1.82, 2.24) is 0 Å². The summed E-state index contributed by atoms with van der Waals surface area (Å²) in [7, 11) is -3.22. The van der Waals surface area contributed by atoms with Gasteiger partial charge in [0.2, 0.25) is 0 Å². The van der Waals surface area contributed by atoms with Crippen LogP contribution in [0.3, 0.4) is 0 Å². The molecule has 1 fully saturated rings. The highest BCUT2D eigenvalue weighted by molar-refractivity contribution is 7.91. The first kappa shape index (κ1) is 24.2. The van der Waals surface area contributed by atoms with Crippen LogP contribution in [0.1, 0.15) is 39.2 Å². The monoisotopic (exact) mass is 431 g/mol. The molecule has 0 aliphatic carbocycles. The fraction of sp³-hybridized carbons (Fsp3) is 0.542. The Hall–Kier alpha value is -2.10. The molecule has 3 atom stereocenters. The molecule has 1 heterocycles. The Labute approximate surface area is 181 Å². The molecule has 1 aromatic rings. The van der Waals surface area contributed by atoms with Gasteiger partial charge in [-0.2, -0.15) is 5.26 Å². The van der Waals surface area contributed by atoms with Crippen molar-refractivity contribution in [2.75, 3.05) is 31.3 Å². The van der Waals surface area contributed by atoms with E-state index in [1.807, 2.05) is 56.3 Å². The van der Waals surface area contributed by atoms with Gasteiger partial charge in [0.1, 0.15) is 5.75 Å². The molecule has 6 heteroatoms. The van der Waals surface area contributed by atoms with Crippen molar-refractivity contribution in [1.29, 1.82) is 5.26 Å². The molecule has 2 rings (SSSR count). The van der Waals surface area contributed by atoms with Crippen molar-refractivity contribution in [2.45, 2.75) is 33.6 Å². The van der Waals surface area contributed by atoms with Crippen molar-refractivity contribution in [2.24, 2.45) is 17.8 Å². The Morgan fingerprint density at radius 1 is 1.37 bits per heavy atom. The highest BCUT2D eigenvalue weighted by Gasteiger charge is 2.33. The predicted molar refractivity (Wildman–Crippen MR) is 121 cm³/mol. The van der Waals surface area contributed by atoms with Gasteiger partial charge in [-0.15, -0.1) is 0 Å². The SMILES string of the molecule is CC=CC=C(C)c1ccc(OCC2COCCC2C(C)CS(=O)(=O)CCC#N)cc1. The molecule has 0 radical (unpaired) electrons. The van der Waals surface area contributed by atoms with E-state index in [2.05, 4.69) is 13.0 Å². The molecule has 1 aliphatic heterocycles. The zero-order valence-electron chi connectivity index (χ0n) is 18.2. The van der Waals surface area contributed by atoms with Crippen LogP contribution in [-0.2, 0) is 14.6 Å². The first-order valence-electron chi connectivity index (χ1n) is 10.5. The van der Waals surface area contributed by atoms with Crippen LogP contribution in [0.15, 0.2) is 42.5 Å². The van der Waals surface area contributed by atoms with Crippen LogP contribution in [0.4, 0.5) is 0 Å². The fourth-order valence-corrected chi connectivity index (χ4v) is 5.51. The predicted octanol–water partition coefficient (Wildman–Crippen LogP) is 4.66. The Balaban J connectivity index is 1.96. The van der Waals surface area contributed by atoms with Crippen LogP contribution in [0.5, 0.6) is 5.75 Å². The third kappa shape index (κ3) is 7.62. The maximum absolute atomic E-state index is 12.3. The van der Waals surface area contributed by atoms with E-state index in [4.69, 9.17) is 14.7 Å². The molecule has 5 nitrogen and oxygen atoms in total. The van der Waals surface area contributed by atoms with E-state index in [0.717, 1.165) is 17.7 Å². The molecule has 0 bridgehead atoms. The van der Waals surface area contributed by atoms with Gasteiger partial charge < -0.3 is 9.47 Å². The first-order chi connectivity index (χ1) is 14.4. The summed E-state index contributed by atoms with van der Waals surface area (Å²) >= 11 is 0. The Bertz CT molecular complexity index is 865. The van der Waals surface area contributed by atoms with Gasteiger partial charge in [-0.1, -0.05) is 37.3 Å². The molecule has 1 aliphatic rings. The average Bonchev–Trinajstić information content (AvgIpc) is 2.75. The van der Waals surface area contributed by atoms with Gasteiger partial charge in [0.25, 0.3) is 0 Å². The number of nitrogens with zero attached hydrogens (tertiary/aromatic N) is 1. The number of rotatable bonds is 10. The van der Waals surface area contributed by atoms with Crippen molar-refractivity contribution in [3.63, 3.8) is 0 Å². The van der Waals surface area contributed by atoms with Crippen LogP contribution >= 0.6 is 0 Å². The first-order valence-corrected chi connectivity index (χ1v) is 12.4. The van der Waals surface area contributed by atoms with E-state index in [9.17, 15) is 8.42 Å². The minimum atomic E-state index is -3.22. The second-order valence-corrected chi connectivity index (χ2v) is 10.2. The van der Waals surface area contributed by atoms with Crippen molar-refractivity contribution < 1.29 is 17.9 Å². The lowest BCUT2D eigenvalue weighted by atomic mass is 9.80. The zero-order valence-corrected chi connectivity index (χ0v) is 19.0. The number of ether oxygens (including phenoxy) is 2. The lowest BCUT2D eigenvalue weighted by molar-refractivity contribution is -0.0166. The summed E-state index contributed by atoms with van der Waals surface area (Å²) in [4.78, 5) is 0. The summed E-state index contributed by atoms with van der Waals surface area (Å²) in [6, 6.07) is 9.95. The van der Waals surface area contributed by atoms with Crippen LogP contribution in [0.25, 0.3) is 5.57 Å². The summed E-state index contributed by atoms with van der Waals surface area (Å²) in [6.07, 6.45) is 6.97. The van der Waals surface area contributed by atoms with Gasteiger partial charge in [-0.05, 0) is 55.4 Å². The van der Waals surface area contributed by atoms with Gasteiger partial charge in [0, 0.05) is 18.9 Å². The van der Waals surface area contributed by atoms with E-state index < -0.39 is 9.84 Å². The lowest BCUT2D eigenvalue weighted by Crippen LogP contribution is -2.38. The molecule has 164 valence electrons. The molecule has 1 aromatic carbocycles. The smallest absolute Gasteiger partial charge is 0.151 e. The van der Waals surface area contributed by atoms with E-state index in [1.54, 1.807) is 0 Å². The maximum atomic E-state index is 12.3. The van der Waals surface area contributed by atoms with Crippen LogP contribution in [0, 0.1) is 29.1 Å². The second kappa shape index (κ2) is 11.9.